The predicted octanol–water partition coefficient (Wildman–Crippen LogP) is 0.380. The summed E-state index contributed by atoms with van der Waals surface area (Å²) in [5, 5.41) is 0. The number of likely N-dealkylation sites (N-methyl/N-ethyl adjacent to an activating group) is 2. The number of carbonyl (C=O) groups excluding carboxylic acids is 1. The first-order valence-corrected chi connectivity index (χ1v) is 5.48. The molecule has 4 nitrogen and oxygen atoms in total. The lowest BCUT2D eigenvalue weighted by molar-refractivity contribution is -0.129. The molecular weight excluding hydrogens is 190 g/mol. The molecule has 0 aliphatic carbocycles. The Morgan fingerprint density at radius 2 is 1.80 bits per heavy atom. The van der Waals surface area contributed by atoms with Gasteiger partial charge in [0.15, 0.2) is 0 Å². The minimum absolute atomic E-state index is 0.135. The number of nitrogens with two attached hydrogens (primary N) is 1. The second-order valence-electron chi connectivity index (χ2n) is 4.72. The Morgan fingerprint density at radius 1 is 1.27 bits per heavy atom. The molecule has 1 atom stereocenters. The Kier molecular flexibility index (Phi) is 6.52. The maximum absolute atomic E-state index is 11.4. The molecule has 0 rings (SSSR count). The number of hydrogen-bond donors (Lipinski definition) is 1. The molecule has 0 aromatic heterocycles. The Labute approximate surface area is 93.4 Å². The van der Waals surface area contributed by atoms with Crippen molar-refractivity contribution in [3.63, 3.8) is 0 Å². The first kappa shape index (κ1) is 14.4. The third-order valence-electron chi connectivity index (χ3n) is 2.60. The molecule has 0 saturated carbocycles. The van der Waals surface area contributed by atoms with Crippen LogP contribution in [0.5, 0.6) is 0 Å². The molecule has 0 heterocycles. The van der Waals surface area contributed by atoms with Gasteiger partial charge in [-0.2, -0.15) is 0 Å². The van der Waals surface area contributed by atoms with Gasteiger partial charge in [-0.15, -0.1) is 0 Å². The maximum Gasteiger partial charge on any atom is 0.236 e. The van der Waals surface area contributed by atoms with Crippen LogP contribution >= 0.6 is 0 Å². The fourth-order valence-corrected chi connectivity index (χ4v) is 1.15. The monoisotopic (exact) mass is 215 g/mol. The molecule has 0 spiro atoms. The average Bonchev–Trinajstić information content (AvgIpc) is 2.13. The SMILES string of the molecule is CC(C)C(N)CCN(C)CC(=O)N(C)C. The molecule has 90 valence electrons. The van der Waals surface area contributed by atoms with Crippen LogP contribution in [0.25, 0.3) is 0 Å². The van der Waals surface area contributed by atoms with Gasteiger partial charge in [-0.25, -0.2) is 0 Å². The van der Waals surface area contributed by atoms with Crippen molar-refractivity contribution in [2.24, 2.45) is 11.7 Å². The Hall–Kier alpha value is -0.610. The lowest BCUT2D eigenvalue weighted by Crippen LogP contribution is -2.37. The van der Waals surface area contributed by atoms with E-state index in [1.54, 1.807) is 19.0 Å². The van der Waals surface area contributed by atoms with Crippen LogP contribution in [0.15, 0.2) is 0 Å². The van der Waals surface area contributed by atoms with E-state index >= 15 is 0 Å². The highest BCUT2D eigenvalue weighted by molar-refractivity contribution is 5.77. The molecule has 0 aromatic carbocycles. The summed E-state index contributed by atoms with van der Waals surface area (Å²) in [6, 6.07) is 0.224. The van der Waals surface area contributed by atoms with E-state index in [1.165, 1.54) is 0 Å². The third kappa shape index (κ3) is 6.47. The van der Waals surface area contributed by atoms with Crippen LogP contribution in [0.2, 0.25) is 0 Å². The van der Waals surface area contributed by atoms with Crippen LogP contribution in [0.4, 0.5) is 0 Å². The number of amides is 1. The van der Waals surface area contributed by atoms with Gasteiger partial charge in [-0.3, -0.25) is 9.69 Å². The Morgan fingerprint density at radius 3 is 2.20 bits per heavy atom. The summed E-state index contributed by atoms with van der Waals surface area (Å²) in [7, 11) is 5.50. The van der Waals surface area contributed by atoms with Crippen LogP contribution in [0, 0.1) is 5.92 Å². The van der Waals surface area contributed by atoms with Gasteiger partial charge in [-0.1, -0.05) is 13.8 Å². The van der Waals surface area contributed by atoms with E-state index in [1.807, 2.05) is 11.9 Å². The summed E-state index contributed by atoms with van der Waals surface area (Å²) in [6.45, 7) is 5.59. The van der Waals surface area contributed by atoms with Crippen molar-refractivity contribution < 1.29 is 4.79 Å². The highest BCUT2D eigenvalue weighted by Gasteiger charge is 2.11. The average molecular weight is 215 g/mol. The standard InChI is InChI=1S/C11H25N3O/c1-9(2)10(12)6-7-14(5)8-11(15)13(3)4/h9-10H,6-8,12H2,1-5H3. The first-order valence-electron chi connectivity index (χ1n) is 5.48. The van der Waals surface area contributed by atoms with Crippen LogP contribution in [0.1, 0.15) is 20.3 Å². The van der Waals surface area contributed by atoms with Gasteiger partial charge in [0.1, 0.15) is 0 Å². The summed E-state index contributed by atoms with van der Waals surface area (Å²) in [4.78, 5) is 15.0. The molecule has 4 heteroatoms. The van der Waals surface area contributed by atoms with Crippen molar-refractivity contribution in [2.45, 2.75) is 26.3 Å². The van der Waals surface area contributed by atoms with Crippen LogP contribution in [0.3, 0.4) is 0 Å². The molecule has 2 N–H and O–H groups in total. The van der Waals surface area contributed by atoms with Gasteiger partial charge in [0.25, 0.3) is 0 Å². The molecule has 0 saturated heterocycles. The molecule has 0 bridgehead atoms. The topological polar surface area (TPSA) is 49.6 Å². The highest BCUT2D eigenvalue weighted by atomic mass is 16.2. The van der Waals surface area contributed by atoms with Crippen LogP contribution in [-0.4, -0.2) is 56.0 Å². The van der Waals surface area contributed by atoms with Gasteiger partial charge in [0.05, 0.1) is 6.54 Å². The fraction of sp³-hybridized carbons (Fsp3) is 0.909. The van der Waals surface area contributed by atoms with Crippen molar-refractivity contribution in [1.29, 1.82) is 0 Å². The third-order valence-corrected chi connectivity index (χ3v) is 2.60. The lowest BCUT2D eigenvalue weighted by Gasteiger charge is -2.22. The van der Waals surface area contributed by atoms with E-state index in [0.717, 1.165) is 13.0 Å². The maximum atomic E-state index is 11.4. The molecule has 0 aliphatic heterocycles. The first-order chi connectivity index (χ1) is 6.84. The van der Waals surface area contributed by atoms with Crippen molar-refractivity contribution in [3.8, 4) is 0 Å². The predicted molar refractivity (Wildman–Crippen MR) is 63.6 cm³/mol. The van der Waals surface area contributed by atoms with E-state index in [-0.39, 0.29) is 11.9 Å². The molecular formula is C11H25N3O. The van der Waals surface area contributed by atoms with E-state index in [2.05, 4.69) is 13.8 Å². The van der Waals surface area contributed by atoms with Gasteiger partial charge < -0.3 is 10.6 Å². The minimum atomic E-state index is 0.135. The zero-order valence-corrected chi connectivity index (χ0v) is 10.7. The smallest absolute Gasteiger partial charge is 0.236 e. The number of rotatable bonds is 6. The second-order valence-corrected chi connectivity index (χ2v) is 4.72. The summed E-state index contributed by atoms with van der Waals surface area (Å²) >= 11 is 0. The van der Waals surface area contributed by atoms with E-state index in [0.29, 0.717) is 12.5 Å². The zero-order chi connectivity index (χ0) is 12.0. The highest BCUT2D eigenvalue weighted by Crippen LogP contribution is 2.03. The van der Waals surface area contributed by atoms with E-state index in [4.69, 9.17) is 5.73 Å². The largest absolute Gasteiger partial charge is 0.348 e. The zero-order valence-electron chi connectivity index (χ0n) is 10.7. The van der Waals surface area contributed by atoms with Crippen LogP contribution < -0.4 is 5.73 Å². The molecule has 1 amide bonds. The van der Waals surface area contributed by atoms with Crippen molar-refractivity contribution >= 4 is 5.91 Å². The molecule has 1 unspecified atom stereocenters. The Bertz CT molecular complexity index is 192. The van der Waals surface area contributed by atoms with E-state index < -0.39 is 0 Å². The van der Waals surface area contributed by atoms with Gasteiger partial charge >= 0.3 is 0 Å². The Balaban J connectivity index is 3.75. The van der Waals surface area contributed by atoms with Crippen LogP contribution in [-0.2, 0) is 4.79 Å². The normalized spacial score (nSPS) is 13.3. The van der Waals surface area contributed by atoms with E-state index in [9.17, 15) is 4.79 Å². The quantitative estimate of drug-likeness (QED) is 0.697. The fourth-order valence-electron chi connectivity index (χ4n) is 1.15. The minimum Gasteiger partial charge on any atom is -0.348 e. The van der Waals surface area contributed by atoms with Crippen molar-refractivity contribution in [1.82, 2.24) is 9.80 Å². The molecule has 0 radical (unpaired) electrons. The van der Waals surface area contributed by atoms with Gasteiger partial charge in [0, 0.05) is 20.1 Å². The summed E-state index contributed by atoms with van der Waals surface area (Å²) in [6.07, 6.45) is 0.939. The number of carbonyl (C=O) groups is 1. The van der Waals surface area contributed by atoms with Gasteiger partial charge in [-0.05, 0) is 25.9 Å². The number of nitrogens with zero attached hydrogens (tertiary/aromatic N) is 2. The summed E-state index contributed by atoms with van der Waals surface area (Å²) in [5.74, 6) is 0.638. The van der Waals surface area contributed by atoms with Gasteiger partial charge in [0.2, 0.25) is 5.91 Å². The van der Waals surface area contributed by atoms with Crippen molar-refractivity contribution in [2.75, 3.05) is 34.2 Å². The molecule has 0 aromatic rings. The molecule has 0 fully saturated rings. The summed E-state index contributed by atoms with van der Waals surface area (Å²) in [5.41, 5.74) is 5.93. The number of hydrogen-bond acceptors (Lipinski definition) is 3. The second kappa shape index (κ2) is 6.80. The molecule has 0 aliphatic rings. The van der Waals surface area contributed by atoms with Crippen molar-refractivity contribution in [3.05, 3.63) is 0 Å². The summed E-state index contributed by atoms with van der Waals surface area (Å²) < 4.78 is 0. The lowest BCUT2D eigenvalue weighted by atomic mass is 10.0. The molecule has 15 heavy (non-hydrogen) atoms.